The van der Waals surface area contributed by atoms with Crippen molar-refractivity contribution in [2.45, 2.75) is 45.7 Å². The highest BCUT2D eigenvalue weighted by atomic mass is 32.1. The van der Waals surface area contributed by atoms with Crippen molar-refractivity contribution in [1.29, 1.82) is 0 Å². The predicted octanol–water partition coefficient (Wildman–Crippen LogP) is 2.07. The molecule has 3 aromatic rings. The summed E-state index contributed by atoms with van der Waals surface area (Å²) < 4.78 is 8.32. The summed E-state index contributed by atoms with van der Waals surface area (Å²) in [7, 11) is 0. The zero-order valence-corrected chi connectivity index (χ0v) is 16.1. The van der Waals surface area contributed by atoms with Crippen LogP contribution >= 0.6 is 11.3 Å². The number of hydrogen-bond acceptors (Lipinski definition) is 6. The first-order chi connectivity index (χ1) is 13.0. The summed E-state index contributed by atoms with van der Waals surface area (Å²) in [6, 6.07) is 4.17. The van der Waals surface area contributed by atoms with Crippen molar-refractivity contribution in [2.75, 3.05) is 6.54 Å². The van der Waals surface area contributed by atoms with Gasteiger partial charge in [0.15, 0.2) is 5.82 Å². The molecule has 0 radical (unpaired) electrons. The Kier molecular flexibility index (Phi) is 4.69. The van der Waals surface area contributed by atoms with Crippen molar-refractivity contribution >= 4 is 17.2 Å². The molecule has 1 aliphatic carbocycles. The minimum Gasteiger partial charge on any atom is -0.361 e. The number of thiophene rings is 1. The maximum Gasteiger partial charge on any atom is 0.346 e. The molecule has 0 spiro atoms. The highest BCUT2D eigenvalue weighted by Gasteiger charge is 2.30. The third kappa shape index (κ3) is 3.59. The largest absolute Gasteiger partial charge is 0.361 e. The normalized spacial score (nSPS) is 13.9. The highest BCUT2D eigenvalue weighted by Crippen LogP contribution is 2.37. The molecule has 1 aliphatic rings. The number of aryl methyl sites for hydroxylation is 2. The van der Waals surface area contributed by atoms with Gasteiger partial charge in [0.1, 0.15) is 5.76 Å². The van der Waals surface area contributed by atoms with Crippen LogP contribution in [0.25, 0.3) is 10.7 Å². The van der Waals surface area contributed by atoms with Gasteiger partial charge in [0.25, 0.3) is 0 Å². The molecule has 9 heteroatoms. The Morgan fingerprint density at radius 2 is 2.22 bits per heavy atom. The summed E-state index contributed by atoms with van der Waals surface area (Å²) in [6.45, 7) is 4.28. The molecule has 1 fully saturated rings. The molecule has 1 N–H and O–H groups in total. The van der Waals surface area contributed by atoms with Crippen molar-refractivity contribution in [3.8, 4) is 10.7 Å². The van der Waals surface area contributed by atoms with Crippen molar-refractivity contribution in [1.82, 2.24) is 24.8 Å². The molecule has 0 atom stereocenters. The standard InChI is InChI=1S/C18H21N5O3S/c1-11-14(12(2)26-21-11)10-16(24)19-7-8-22-18(25)23(13-5-6-13)17(20-22)15-4-3-9-27-15/h3-4,9,13H,5-8,10H2,1-2H3,(H,19,24). The van der Waals surface area contributed by atoms with Gasteiger partial charge in [-0.05, 0) is 38.1 Å². The summed E-state index contributed by atoms with van der Waals surface area (Å²) in [5.41, 5.74) is 1.42. The lowest BCUT2D eigenvalue weighted by atomic mass is 10.1. The third-order valence-electron chi connectivity index (χ3n) is 4.69. The molecular weight excluding hydrogens is 366 g/mol. The minimum atomic E-state index is -0.127. The average molecular weight is 387 g/mol. The van der Waals surface area contributed by atoms with Gasteiger partial charge in [-0.3, -0.25) is 9.36 Å². The fourth-order valence-corrected chi connectivity index (χ4v) is 3.79. The maximum atomic E-state index is 12.7. The van der Waals surface area contributed by atoms with Crippen LogP contribution in [0.5, 0.6) is 0 Å². The number of nitrogens with one attached hydrogen (secondary N) is 1. The number of amides is 1. The summed E-state index contributed by atoms with van der Waals surface area (Å²) >= 11 is 1.57. The number of aromatic nitrogens is 4. The van der Waals surface area contributed by atoms with E-state index in [-0.39, 0.29) is 24.1 Å². The second kappa shape index (κ2) is 7.15. The van der Waals surface area contributed by atoms with Gasteiger partial charge in [-0.15, -0.1) is 16.4 Å². The van der Waals surface area contributed by atoms with E-state index >= 15 is 0 Å². The van der Waals surface area contributed by atoms with E-state index in [0.29, 0.717) is 18.8 Å². The second-order valence-electron chi connectivity index (χ2n) is 6.74. The molecule has 0 bridgehead atoms. The van der Waals surface area contributed by atoms with Crippen molar-refractivity contribution in [3.63, 3.8) is 0 Å². The van der Waals surface area contributed by atoms with Gasteiger partial charge in [0.05, 0.1) is 23.5 Å². The molecule has 0 aromatic carbocycles. The number of carbonyl (C=O) groups excluding carboxylic acids is 1. The van der Waals surface area contributed by atoms with Gasteiger partial charge >= 0.3 is 5.69 Å². The maximum absolute atomic E-state index is 12.7. The summed E-state index contributed by atoms with van der Waals surface area (Å²) in [4.78, 5) is 25.9. The third-order valence-corrected chi connectivity index (χ3v) is 5.55. The molecule has 4 rings (SSSR count). The first kappa shape index (κ1) is 17.7. The minimum absolute atomic E-state index is 0.110. The lowest BCUT2D eigenvalue weighted by Crippen LogP contribution is -2.33. The van der Waals surface area contributed by atoms with Gasteiger partial charge in [-0.25, -0.2) is 9.48 Å². The van der Waals surface area contributed by atoms with Crippen LogP contribution < -0.4 is 11.0 Å². The van der Waals surface area contributed by atoms with Crippen LogP contribution in [0.3, 0.4) is 0 Å². The summed E-state index contributed by atoms with van der Waals surface area (Å²) in [5, 5.41) is 13.2. The van der Waals surface area contributed by atoms with E-state index in [9.17, 15) is 9.59 Å². The SMILES string of the molecule is Cc1noc(C)c1CC(=O)NCCn1nc(-c2cccs2)n(C2CC2)c1=O. The Morgan fingerprint density at radius 1 is 1.41 bits per heavy atom. The first-order valence-corrected chi connectivity index (χ1v) is 9.84. The molecule has 142 valence electrons. The fraction of sp³-hybridized carbons (Fsp3) is 0.444. The van der Waals surface area contributed by atoms with Crippen molar-refractivity contribution in [3.05, 3.63) is 45.0 Å². The van der Waals surface area contributed by atoms with E-state index in [1.165, 1.54) is 4.68 Å². The van der Waals surface area contributed by atoms with Gasteiger partial charge in [0.2, 0.25) is 5.91 Å². The Balaban J connectivity index is 1.42. The van der Waals surface area contributed by atoms with Crippen LogP contribution in [0.15, 0.2) is 26.8 Å². The molecule has 3 aromatic heterocycles. The zero-order chi connectivity index (χ0) is 19.0. The Bertz CT molecular complexity index is 991. The Hall–Kier alpha value is -2.68. The molecule has 0 saturated heterocycles. The topological polar surface area (TPSA) is 94.9 Å². The molecule has 27 heavy (non-hydrogen) atoms. The quantitative estimate of drug-likeness (QED) is 0.670. The van der Waals surface area contributed by atoms with Crippen molar-refractivity contribution < 1.29 is 9.32 Å². The van der Waals surface area contributed by atoms with Crippen LogP contribution in [0, 0.1) is 13.8 Å². The van der Waals surface area contributed by atoms with Gasteiger partial charge in [-0.1, -0.05) is 11.2 Å². The van der Waals surface area contributed by atoms with Crippen LogP contribution in [0.4, 0.5) is 0 Å². The van der Waals surface area contributed by atoms with Crippen LogP contribution in [-0.2, 0) is 17.8 Å². The Labute approximate surface area is 159 Å². The summed E-state index contributed by atoms with van der Waals surface area (Å²) in [6.07, 6.45) is 2.24. The highest BCUT2D eigenvalue weighted by molar-refractivity contribution is 7.13. The molecule has 0 aliphatic heterocycles. The van der Waals surface area contributed by atoms with E-state index in [0.717, 1.165) is 34.8 Å². The van der Waals surface area contributed by atoms with E-state index in [1.807, 2.05) is 24.4 Å². The zero-order valence-electron chi connectivity index (χ0n) is 15.3. The number of carbonyl (C=O) groups is 1. The van der Waals surface area contributed by atoms with E-state index in [1.54, 1.807) is 22.8 Å². The molecule has 0 unspecified atom stereocenters. The van der Waals surface area contributed by atoms with Gasteiger partial charge in [0, 0.05) is 18.2 Å². The molecule has 1 amide bonds. The van der Waals surface area contributed by atoms with E-state index < -0.39 is 0 Å². The summed E-state index contributed by atoms with van der Waals surface area (Å²) in [5.74, 6) is 1.25. The van der Waals surface area contributed by atoms with Crippen LogP contribution in [0.2, 0.25) is 0 Å². The van der Waals surface area contributed by atoms with Gasteiger partial charge in [-0.2, -0.15) is 0 Å². The Morgan fingerprint density at radius 3 is 2.85 bits per heavy atom. The average Bonchev–Trinajstić information content (AvgIpc) is 3.08. The fourth-order valence-electron chi connectivity index (χ4n) is 3.08. The first-order valence-electron chi connectivity index (χ1n) is 8.96. The van der Waals surface area contributed by atoms with Crippen LogP contribution in [0.1, 0.15) is 35.9 Å². The van der Waals surface area contributed by atoms with Crippen molar-refractivity contribution in [2.24, 2.45) is 0 Å². The van der Waals surface area contributed by atoms with Crippen LogP contribution in [-0.4, -0.2) is 32.0 Å². The molecular formula is C18H21N5O3S. The second-order valence-corrected chi connectivity index (χ2v) is 7.68. The number of rotatable bonds is 7. The molecule has 1 saturated carbocycles. The van der Waals surface area contributed by atoms with E-state index in [2.05, 4.69) is 15.6 Å². The lowest BCUT2D eigenvalue weighted by molar-refractivity contribution is -0.120. The lowest BCUT2D eigenvalue weighted by Gasteiger charge is -2.04. The smallest absolute Gasteiger partial charge is 0.346 e. The number of nitrogens with zero attached hydrogens (tertiary/aromatic N) is 4. The number of hydrogen-bond donors (Lipinski definition) is 1. The molecule has 3 heterocycles. The van der Waals surface area contributed by atoms with Gasteiger partial charge < -0.3 is 9.84 Å². The monoisotopic (exact) mass is 387 g/mol. The van der Waals surface area contributed by atoms with E-state index in [4.69, 9.17) is 4.52 Å². The molecule has 8 nitrogen and oxygen atoms in total. The predicted molar refractivity (Wildman–Crippen MR) is 101 cm³/mol.